The molecular formula is C28H54O12. The Kier molecular flexibility index (Phi) is 32.7. The van der Waals surface area contributed by atoms with Crippen molar-refractivity contribution in [1.82, 2.24) is 0 Å². The van der Waals surface area contributed by atoms with E-state index in [2.05, 4.69) is 6.92 Å². The minimum Gasteiger partial charge on any atom is -0.463 e. The van der Waals surface area contributed by atoms with Crippen molar-refractivity contribution >= 4 is 11.9 Å². The molecule has 0 bridgehead atoms. The van der Waals surface area contributed by atoms with Crippen LogP contribution < -0.4 is 0 Å². The molecule has 0 aromatic rings. The molecule has 0 aliphatic heterocycles. The molecule has 238 valence electrons. The normalized spacial score (nSPS) is 11.2. The van der Waals surface area contributed by atoms with Crippen molar-refractivity contribution in [2.45, 2.75) is 52.4 Å². The van der Waals surface area contributed by atoms with Crippen LogP contribution in [0.4, 0.5) is 0 Å². The Labute approximate surface area is 240 Å². The second-order valence-electron chi connectivity index (χ2n) is 8.62. The predicted molar refractivity (Wildman–Crippen MR) is 148 cm³/mol. The van der Waals surface area contributed by atoms with Crippen LogP contribution in [0.25, 0.3) is 0 Å². The highest BCUT2D eigenvalue weighted by molar-refractivity contribution is 5.69. The quantitative estimate of drug-likeness (QED) is 0.0834. The van der Waals surface area contributed by atoms with E-state index < -0.39 is 0 Å². The third-order valence-electron chi connectivity index (χ3n) is 5.11. The maximum absolute atomic E-state index is 11.6. The molecule has 0 spiro atoms. The molecular weight excluding hydrogens is 528 g/mol. The highest BCUT2D eigenvalue weighted by atomic mass is 16.6. The van der Waals surface area contributed by atoms with Crippen molar-refractivity contribution in [2.75, 3.05) is 119 Å². The Hall–Kier alpha value is -1.38. The zero-order chi connectivity index (χ0) is 29.2. The van der Waals surface area contributed by atoms with Gasteiger partial charge in [-0.1, -0.05) is 32.6 Å². The standard InChI is InChI=1S/C28H54O12/c1-3-4-5-6-7-8-28(30)40-26-24-38-22-20-36-18-16-34-14-12-32-10-9-31-11-13-33-15-17-35-19-21-37-23-25-39-27(2)29/h3-26H2,1-2H3. The third kappa shape index (κ3) is 34.6. The van der Waals surface area contributed by atoms with Crippen molar-refractivity contribution in [3.63, 3.8) is 0 Å². The van der Waals surface area contributed by atoms with E-state index in [1.165, 1.54) is 26.2 Å². The maximum Gasteiger partial charge on any atom is 0.305 e. The van der Waals surface area contributed by atoms with Gasteiger partial charge in [-0.15, -0.1) is 0 Å². The van der Waals surface area contributed by atoms with Gasteiger partial charge >= 0.3 is 11.9 Å². The highest BCUT2D eigenvalue weighted by Gasteiger charge is 2.02. The van der Waals surface area contributed by atoms with Gasteiger partial charge in [-0.05, 0) is 6.42 Å². The SMILES string of the molecule is CCCCCCCC(=O)OCCOCCOCCOCCOCCOCCOCCOCCOCCOC(C)=O. The fourth-order valence-electron chi connectivity index (χ4n) is 3.05. The van der Waals surface area contributed by atoms with Crippen LogP contribution in [0.2, 0.25) is 0 Å². The first kappa shape index (κ1) is 38.6. The van der Waals surface area contributed by atoms with Gasteiger partial charge in [-0.2, -0.15) is 0 Å². The molecule has 0 saturated carbocycles. The number of carbonyl (C=O) groups excluding carboxylic acids is 2. The largest absolute Gasteiger partial charge is 0.463 e. The van der Waals surface area contributed by atoms with Crippen LogP contribution in [0.5, 0.6) is 0 Å². The summed E-state index contributed by atoms with van der Waals surface area (Å²) in [4.78, 5) is 22.2. The van der Waals surface area contributed by atoms with Crippen LogP contribution >= 0.6 is 0 Å². The molecule has 0 radical (unpaired) electrons. The number of ether oxygens (including phenoxy) is 10. The van der Waals surface area contributed by atoms with Gasteiger partial charge in [0.15, 0.2) is 0 Å². The smallest absolute Gasteiger partial charge is 0.305 e. The van der Waals surface area contributed by atoms with E-state index in [-0.39, 0.29) is 25.2 Å². The lowest BCUT2D eigenvalue weighted by molar-refractivity contribution is -0.145. The molecule has 0 aromatic carbocycles. The van der Waals surface area contributed by atoms with Crippen LogP contribution in [0.15, 0.2) is 0 Å². The Morgan fingerprint density at radius 1 is 0.400 bits per heavy atom. The maximum atomic E-state index is 11.6. The monoisotopic (exact) mass is 582 g/mol. The molecule has 0 aliphatic carbocycles. The zero-order valence-electron chi connectivity index (χ0n) is 24.9. The minimum absolute atomic E-state index is 0.150. The Morgan fingerprint density at radius 3 is 1.02 bits per heavy atom. The topological polar surface area (TPSA) is 126 Å². The lowest BCUT2D eigenvalue weighted by Crippen LogP contribution is -2.15. The number of rotatable bonds is 33. The molecule has 0 heterocycles. The summed E-state index contributed by atoms with van der Waals surface area (Å²) < 4.78 is 53.1. The number of carbonyl (C=O) groups is 2. The molecule has 0 fully saturated rings. The van der Waals surface area contributed by atoms with Crippen LogP contribution in [0.3, 0.4) is 0 Å². The first-order valence-electron chi connectivity index (χ1n) is 14.6. The van der Waals surface area contributed by atoms with Crippen LogP contribution in [0.1, 0.15) is 52.4 Å². The Morgan fingerprint density at radius 2 is 0.700 bits per heavy atom. The summed E-state index contributed by atoms with van der Waals surface area (Å²) in [5, 5.41) is 0. The predicted octanol–water partition coefficient (Wildman–Crippen LogP) is 2.59. The van der Waals surface area contributed by atoms with Crippen molar-refractivity contribution in [3.05, 3.63) is 0 Å². The van der Waals surface area contributed by atoms with Crippen LogP contribution in [-0.4, -0.2) is 131 Å². The lowest BCUT2D eigenvalue weighted by atomic mass is 10.1. The van der Waals surface area contributed by atoms with E-state index in [1.54, 1.807) is 0 Å². The van der Waals surface area contributed by atoms with Crippen molar-refractivity contribution in [1.29, 1.82) is 0 Å². The van der Waals surface area contributed by atoms with E-state index in [4.69, 9.17) is 47.4 Å². The van der Waals surface area contributed by atoms with Crippen LogP contribution in [-0.2, 0) is 57.0 Å². The van der Waals surface area contributed by atoms with Gasteiger partial charge in [-0.25, -0.2) is 0 Å². The number of hydrogen-bond acceptors (Lipinski definition) is 12. The molecule has 0 N–H and O–H groups in total. The molecule has 0 aliphatic rings. The summed E-state index contributed by atoms with van der Waals surface area (Å²) in [5.41, 5.74) is 0. The summed E-state index contributed by atoms with van der Waals surface area (Å²) in [5.74, 6) is -0.462. The minimum atomic E-state index is -0.312. The van der Waals surface area contributed by atoms with Gasteiger partial charge in [0, 0.05) is 13.3 Å². The van der Waals surface area contributed by atoms with Gasteiger partial charge in [0.05, 0.1) is 106 Å². The summed E-state index contributed by atoms with van der Waals surface area (Å²) in [6.45, 7) is 11.5. The first-order chi connectivity index (χ1) is 19.7. The van der Waals surface area contributed by atoms with Crippen molar-refractivity contribution < 1.29 is 57.0 Å². The van der Waals surface area contributed by atoms with E-state index in [0.717, 1.165) is 12.8 Å². The number of hydrogen-bond donors (Lipinski definition) is 0. The molecule has 12 heteroatoms. The van der Waals surface area contributed by atoms with Gasteiger partial charge < -0.3 is 47.4 Å². The molecule has 0 unspecified atom stereocenters. The van der Waals surface area contributed by atoms with Gasteiger partial charge in [0.25, 0.3) is 0 Å². The number of unbranched alkanes of at least 4 members (excludes halogenated alkanes) is 4. The van der Waals surface area contributed by atoms with Crippen LogP contribution in [0, 0.1) is 0 Å². The molecule has 40 heavy (non-hydrogen) atoms. The first-order valence-corrected chi connectivity index (χ1v) is 14.6. The third-order valence-corrected chi connectivity index (χ3v) is 5.11. The van der Waals surface area contributed by atoms with E-state index in [1.807, 2.05) is 0 Å². The Balaban J connectivity index is 3.09. The molecule has 0 saturated heterocycles. The van der Waals surface area contributed by atoms with E-state index in [9.17, 15) is 9.59 Å². The fraction of sp³-hybridized carbons (Fsp3) is 0.929. The molecule has 0 rings (SSSR count). The second-order valence-corrected chi connectivity index (χ2v) is 8.62. The van der Waals surface area contributed by atoms with Gasteiger partial charge in [0.2, 0.25) is 0 Å². The summed E-state index contributed by atoms with van der Waals surface area (Å²) >= 11 is 0. The van der Waals surface area contributed by atoms with Gasteiger partial charge in [0.1, 0.15) is 13.2 Å². The average Bonchev–Trinajstić information content (AvgIpc) is 2.94. The summed E-state index contributed by atoms with van der Waals surface area (Å²) in [6.07, 6.45) is 6.07. The molecule has 0 amide bonds. The summed E-state index contributed by atoms with van der Waals surface area (Å²) in [7, 11) is 0. The molecule has 0 aromatic heterocycles. The number of esters is 2. The van der Waals surface area contributed by atoms with Crippen molar-refractivity contribution in [3.8, 4) is 0 Å². The highest BCUT2D eigenvalue weighted by Crippen LogP contribution is 2.05. The van der Waals surface area contributed by atoms with Gasteiger partial charge in [-0.3, -0.25) is 9.59 Å². The van der Waals surface area contributed by atoms with E-state index in [0.29, 0.717) is 112 Å². The molecule has 0 atom stereocenters. The zero-order valence-corrected chi connectivity index (χ0v) is 24.9. The van der Waals surface area contributed by atoms with E-state index >= 15 is 0 Å². The fourth-order valence-corrected chi connectivity index (χ4v) is 3.05. The lowest BCUT2D eigenvalue weighted by Gasteiger charge is -2.09. The average molecular weight is 583 g/mol. The Bertz CT molecular complexity index is 535. The summed E-state index contributed by atoms with van der Waals surface area (Å²) in [6, 6.07) is 0. The second kappa shape index (κ2) is 33.8. The molecule has 12 nitrogen and oxygen atoms in total. The van der Waals surface area contributed by atoms with Crippen molar-refractivity contribution in [2.24, 2.45) is 0 Å².